The number of aryl methyl sites for hydroxylation is 2. The number of nitrogens with zero attached hydrogens (tertiary/aromatic N) is 3. The Morgan fingerprint density at radius 1 is 1.10 bits per heavy atom. The summed E-state index contributed by atoms with van der Waals surface area (Å²) in [7, 11) is 0. The van der Waals surface area contributed by atoms with Gasteiger partial charge in [-0.25, -0.2) is 9.97 Å². The maximum absolute atomic E-state index is 4.80. The van der Waals surface area contributed by atoms with Crippen LogP contribution >= 0.6 is 0 Å². The quantitative estimate of drug-likeness (QED) is 0.740. The molecule has 0 aromatic carbocycles. The van der Waals surface area contributed by atoms with Gasteiger partial charge in [0.15, 0.2) is 0 Å². The van der Waals surface area contributed by atoms with Gasteiger partial charge in [-0.3, -0.25) is 0 Å². The Kier molecular flexibility index (Phi) is 6.44. The molecule has 114 valence electrons. The van der Waals surface area contributed by atoms with Crippen molar-refractivity contribution in [1.29, 1.82) is 0 Å². The van der Waals surface area contributed by atoms with Gasteiger partial charge >= 0.3 is 0 Å². The van der Waals surface area contributed by atoms with E-state index in [2.05, 4.69) is 51.4 Å². The van der Waals surface area contributed by atoms with Gasteiger partial charge in [0.1, 0.15) is 11.6 Å². The van der Waals surface area contributed by atoms with Crippen LogP contribution in [0.3, 0.4) is 0 Å². The molecule has 3 heteroatoms. The van der Waals surface area contributed by atoms with Gasteiger partial charge in [-0.05, 0) is 31.6 Å². The molecule has 0 N–H and O–H groups in total. The highest BCUT2D eigenvalue weighted by Gasteiger charge is 2.16. The van der Waals surface area contributed by atoms with Crippen LogP contribution in [-0.2, 0) is 6.42 Å². The normalized spacial score (nSPS) is 11.7. The molecule has 0 radical (unpaired) electrons. The minimum atomic E-state index is 0.360. The van der Waals surface area contributed by atoms with Crippen molar-refractivity contribution in [2.24, 2.45) is 5.41 Å². The van der Waals surface area contributed by atoms with Crippen LogP contribution in [0.5, 0.6) is 0 Å². The number of rotatable bonds is 7. The minimum Gasteiger partial charge on any atom is -0.356 e. The van der Waals surface area contributed by atoms with Crippen LogP contribution in [-0.4, -0.2) is 23.1 Å². The van der Waals surface area contributed by atoms with E-state index in [0.29, 0.717) is 5.41 Å². The summed E-state index contributed by atoms with van der Waals surface area (Å²) < 4.78 is 0. The van der Waals surface area contributed by atoms with Crippen LogP contribution in [0.4, 0.5) is 5.82 Å². The molecule has 1 aromatic heterocycles. The first kappa shape index (κ1) is 16.9. The fourth-order valence-corrected chi connectivity index (χ4v) is 2.20. The lowest BCUT2D eigenvalue weighted by atomic mass is 9.92. The van der Waals surface area contributed by atoms with E-state index in [9.17, 15) is 0 Å². The van der Waals surface area contributed by atoms with E-state index in [-0.39, 0.29) is 0 Å². The number of hydrogen-bond donors (Lipinski definition) is 0. The van der Waals surface area contributed by atoms with E-state index >= 15 is 0 Å². The Hall–Kier alpha value is -1.12. The molecule has 1 heterocycles. The molecule has 0 atom stereocenters. The zero-order chi connectivity index (χ0) is 15.2. The smallest absolute Gasteiger partial charge is 0.135 e. The summed E-state index contributed by atoms with van der Waals surface area (Å²) in [6.07, 6.45) is 6.37. The molecule has 0 aliphatic heterocycles. The summed E-state index contributed by atoms with van der Waals surface area (Å²) in [5, 5.41) is 0. The van der Waals surface area contributed by atoms with Gasteiger partial charge in [0.2, 0.25) is 0 Å². The fourth-order valence-electron chi connectivity index (χ4n) is 2.20. The number of anilines is 1. The maximum Gasteiger partial charge on any atom is 0.135 e. The van der Waals surface area contributed by atoms with Crippen molar-refractivity contribution in [3.8, 4) is 0 Å². The Morgan fingerprint density at radius 3 is 2.35 bits per heavy atom. The fraction of sp³-hybridized carbons (Fsp3) is 0.765. The molecule has 0 saturated carbocycles. The van der Waals surface area contributed by atoms with Gasteiger partial charge in [0.05, 0.1) is 0 Å². The topological polar surface area (TPSA) is 29.0 Å². The molecule has 0 spiro atoms. The van der Waals surface area contributed by atoms with Gasteiger partial charge in [0.25, 0.3) is 0 Å². The van der Waals surface area contributed by atoms with Crippen LogP contribution in [0.25, 0.3) is 0 Å². The molecular weight excluding hydrogens is 246 g/mol. The van der Waals surface area contributed by atoms with E-state index in [0.717, 1.165) is 44.0 Å². The van der Waals surface area contributed by atoms with Crippen LogP contribution in [0.15, 0.2) is 6.20 Å². The number of aromatic nitrogens is 2. The lowest BCUT2D eigenvalue weighted by Crippen LogP contribution is -2.30. The van der Waals surface area contributed by atoms with Crippen LogP contribution in [0.1, 0.15) is 65.3 Å². The van der Waals surface area contributed by atoms with Crippen molar-refractivity contribution >= 4 is 5.82 Å². The molecule has 1 aromatic rings. The second-order valence-electron chi connectivity index (χ2n) is 6.84. The predicted octanol–water partition coefficient (Wildman–Crippen LogP) is 4.39. The first-order chi connectivity index (χ1) is 9.37. The second kappa shape index (κ2) is 7.61. The Balaban J connectivity index is 2.91. The van der Waals surface area contributed by atoms with Crippen molar-refractivity contribution < 1.29 is 0 Å². The predicted molar refractivity (Wildman–Crippen MR) is 87.3 cm³/mol. The van der Waals surface area contributed by atoms with Crippen LogP contribution in [0.2, 0.25) is 0 Å². The van der Waals surface area contributed by atoms with E-state index in [1.807, 2.05) is 6.20 Å². The highest BCUT2D eigenvalue weighted by atomic mass is 15.2. The van der Waals surface area contributed by atoms with Gasteiger partial charge < -0.3 is 4.90 Å². The average molecular weight is 277 g/mol. The van der Waals surface area contributed by atoms with Crippen molar-refractivity contribution in [2.45, 2.75) is 67.2 Å². The van der Waals surface area contributed by atoms with E-state index in [1.165, 1.54) is 12.0 Å². The third-order valence-corrected chi connectivity index (χ3v) is 3.39. The third kappa shape index (κ3) is 5.48. The standard InChI is InChI=1S/C17H31N3/c1-7-9-15-18-13-14(3)16(19-15)20(11-8-2)12-10-17(4,5)6/h13H,7-12H2,1-6H3. The lowest BCUT2D eigenvalue weighted by molar-refractivity contribution is 0.378. The van der Waals surface area contributed by atoms with Crippen molar-refractivity contribution in [3.63, 3.8) is 0 Å². The summed E-state index contributed by atoms with van der Waals surface area (Å²) in [4.78, 5) is 11.7. The first-order valence-electron chi connectivity index (χ1n) is 7.95. The average Bonchev–Trinajstić information content (AvgIpc) is 2.36. The molecule has 0 saturated heterocycles. The van der Waals surface area contributed by atoms with Crippen molar-refractivity contribution in [2.75, 3.05) is 18.0 Å². The Labute approximate surface area is 124 Å². The van der Waals surface area contributed by atoms with Gasteiger partial charge in [-0.15, -0.1) is 0 Å². The molecular formula is C17H31N3. The maximum atomic E-state index is 4.80. The summed E-state index contributed by atoms with van der Waals surface area (Å²) in [5.74, 6) is 2.11. The SMILES string of the molecule is CCCc1ncc(C)c(N(CCC)CCC(C)(C)C)n1. The minimum absolute atomic E-state index is 0.360. The van der Waals surface area contributed by atoms with Gasteiger partial charge in [-0.1, -0.05) is 34.6 Å². The molecule has 0 aliphatic carbocycles. The molecule has 0 aliphatic rings. The molecule has 0 fully saturated rings. The monoisotopic (exact) mass is 277 g/mol. The van der Waals surface area contributed by atoms with Crippen molar-refractivity contribution in [3.05, 3.63) is 17.6 Å². The van der Waals surface area contributed by atoms with E-state index in [1.54, 1.807) is 0 Å². The van der Waals surface area contributed by atoms with Gasteiger partial charge in [0, 0.05) is 31.3 Å². The largest absolute Gasteiger partial charge is 0.356 e. The molecule has 1 rings (SSSR count). The number of hydrogen-bond acceptors (Lipinski definition) is 3. The van der Waals surface area contributed by atoms with Crippen LogP contribution < -0.4 is 4.90 Å². The molecule has 0 unspecified atom stereocenters. The summed E-state index contributed by atoms with van der Waals surface area (Å²) in [5.41, 5.74) is 1.55. The lowest BCUT2D eigenvalue weighted by Gasteiger charge is -2.28. The van der Waals surface area contributed by atoms with Crippen molar-refractivity contribution in [1.82, 2.24) is 9.97 Å². The highest BCUT2D eigenvalue weighted by molar-refractivity contribution is 5.45. The molecule has 20 heavy (non-hydrogen) atoms. The van der Waals surface area contributed by atoms with Crippen LogP contribution in [0, 0.1) is 12.3 Å². The molecule has 3 nitrogen and oxygen atoms in total. The third-order valence-electron chi connectivity index (χ3n) is 3.39. The first-order valence-corrected chi connectivity index (χ1v) is 7.95. The van der Waals surface area contributed by atoms with Gasteiger partial charge in [-0.2, -0.15) is 0 Å². The zero-order valence-electron chi connectivity index (χ0n) is 14.2. The summed E-state index contributed by atoms with van der Waals surface area (Å²) >= 11 is 0. The van der Waals surface area contributed by atoms with E-state index in [4.69, 9.17) is 4.98 Å². The highest BCUT2D eigenvalue weighted by Crippen LogP contribution is 2.23. The Morgan fingerprint density at radius 2 is 1.80 bits per heavy atom. The summed E-state index contributed by atoms with van der Waals surface area (Å²) in [6.45, 7) is 15.6. The molecule has 0 amide bonds. The Bertz CT molecular complexity index is 407. The zero-order valence-corrected chi connectivity index (χ0v) is 14.2. The molecule has 0 bridgehead atoms. The van der Waals surface area contributed by atoms with E-state index < -0.39 is 0 Å². The second-order valence-corrected chi connectivity index (χ2v) is 6.84. The summed E-state index contributed by atoms with van der Waals surface area (Å²) in [6, 6.07) is 0.